The van der Waals surface area contributed by atoms with Crippen LogP contribution in [0.4, 0.5) is 0 Å². The highest BCUT2D eigenvalue weighted by molar-refractivity contribution is 7.90. The summed E-state index contributed by atoms with van der Waals surface area (Å²) in [6.07, 6.45) is 3.89. The fourth-order valence-corrected chi connectivity index (χ4v) is 3.68. The van der Waals surface area contributed by atoms with Gasteiger partial charge in [-0.15, -0.1) is 0 Å². The molecule has 116 valence electrons. The molecule has 0 unspecified atom stereocenters. The molecule has 0 aromatic heterocycles. The number of hydrogen-bond acceptors (Lipinski definition) is 4. The van der Waals surface area contributed by atoms with Crippen LogP contribution in [0.25, 0.3) is 0 Å². The fraction of sp³-hybridized carbons (Fsp3) is 0.533. The number of aryl methyl sites for hydroxylation is 1. The largest absolute Gasteiger partial charge is 0.368 e. The van der Waals surface area contributed by atoms with Crippen LogP contribution >= 0.6 is 0 Å². The van der Waals surface area contributed by atoms with Crippen LogP contribution in [0.1, 0.15) is 37.7 Å². The molecule has 2 rings (SSSR count). The molecule has 6 heteroatoms. The molecule has 1 saturated carbocycles. The average molecular weight is 311 g/mol. The van der Waals surface area contributed by atoms with Crippen molar-refractivity contribution in [3.63, 3.8) is 0 Å². The minimum absolute atomic E-state index is 0.0866. The quantitative estimate of drug-likeness (QED) is 0.925. The van der Waals surface area contributed by atoms with Crippen molar-refractivity contribution in [1.29, 1.82) is 0 Å². The van der Waals surface area contributed by atoms with Gasteiger partial charge in [-0.1, -0.05) is 37.0 Å². The van der Waals surface area contributed by atoms with Crippen LogP contribution < -0.4 is 4.72 Å². The lowest BCUT2D eigenvalue weighted by molar-refractivity contribution is -0.145. The zero-order valence-corrected chi connectivity index (χ0v) is 13.2. The Labute approximate surface area is 125 Å². The summed E-state index contributed by atoms with van der Waals surface area (Å²) < 4.78 is 32.1. The standard InChI is InChI=1S/C15H21NO4S/c1-12-6-8-13(9-7-12)21(18,19)16-14(17)15(20-2)10-4-3-5-11-15/h6-9H,3-5,10-11H2,1-2H3,(H,16,17). The van der Waals surface area contributed by atoms with Crippen LogP contribution in [-0.2, 0) is 19.6 Å². The monoisotopic (exact) mass is 311 g/mol. The highest BCUT2D eigenvalue weighted by Gasteiger charge is 2.41. The Morgan fingerprint density at radius 1 is 1.14 bits per heavy atom. The van der Waals surface area contributed by atoms with E-state index in [1.54, 1.807) is 12.1 Å². The zero-order valence-electron chi connectivity index (χ0n) is 12.4. The van der Waals surface area contributed by atoms with E-state index in [4.69, 9.17) is 4.74 Å². The van der Waals surface area contributed by atoms with E-state index in [9.17, 15) is 13.2 Å². The highest BCUT2D eigenvalue weighted by Crippen LogP contribution is 2.31. The van der Waals surface area contributed by atoms with Crippen molar-refractivity contribution in [3.05, 3.63) is 29.8 Å². The molecule has 0 atom stereocenters. The molecule has 21 heavy (non-hydrogen) atoms. The molecule has 0 heterocycles. The summed E-state index contributed by atoms with van der Waals surface area (Å²) in [7, 11) is -2.39. The Kier molecular flexibility index (Phi) is 4.68. The van der Waals surface area contributed by atoms with Crippen LogP contribution in [0, 0.1) is 6.92 Å². The molecule has 0 aliphatic heterocycles. The zero-order chi connectivity index (χ0) is 15.5. The lowest BCUT2D eigenvalue weighted by Gasteiger charge is -2.34. The van der Waals surface area contributed by atoms with Gasteiger partial charge < -0.3 is 4.74 Å². The Balaban J connectivity index is 2.19. The third kappa shape index (κ3) is 3.44. The molecule has 1 aliphatic rings. The Morgan fingerprint density at radius 3 is 2.24 bits per heavy atom. The number of ether oxygens (including phenoxy) is 1. The van der Waals surface area contributed by atoms with E-state index >= 15 is 0 Å². The lowest BCUT2D eigenvalue weighted by atomic mass is 9.84. The van der Waals surface area contributed by atoms with Gasteiger partial charge >= 0.3 is 0 Å². The molecule has 1 fully saturated rings. The van der Waals surface area contributed by atoms with E-state index in [0.717, 1.165) is 24.8 Å². The first-order valence-electron chi connectivity index (χ1n) is 7.09. The van der Waals surface area contributed by atoms with Gasteiger partial charge in [-0.05, 0) is 31.9 Å². The van der Waals surface area contributed by atoms with Crippen LogP contribution in [0.3, 0.4) is 0 Å². The van der Waals surface area contributed by atoms with E-state index in [2.05, 4.69) is 4.72 Å². The predicted octanol–water partition coefficient (Wildman–Crippen LogP) is 2.15. The number of methoxy groups -OCH3 is 1. The molecule has 0 radical (unpaired) electrons. The number of carbonyl (C=O) groups is 1. The number of hydrogen-bond donors (Lipinski definition) is 1. The molecule has 0 saturated heterocycles. The topological polar surface area (TPSA) is 72.5 Å². The molecule has 1 amide bonds. The maximum Gasteiger partial charge on any atom is 0.265 e. The first-order chi connectivity index (χ1) is 9.89. The normalized spacial score (nSPS) is 18.2. The van der Waals surface area contributed by atoms with Crippen LogP contribution in [0.15, 0.2) is 29.2 Å². The van der Waals surface area contributed by atoms with Crippen molar-refractivity contribution >= 4 is 15.9 Å². The molecule has 0 bridgehead atoms. The smallest absolute Gasteiger partial charge is 0.265 e. The number of carbonyl (C=O) groups excluding carboxylic acids is 1. The molecular formula is C15H21NO4S. The summed E-state index contributed by atoms with van der Waals surface area (Å²) in [5.74, 6) is -0.565. The minimum Gasteiger partial charge on any atom is -0.368 e. The van der Waals surface area contributed by atoms with Crippen molar-refractivity contribution in [2.24, 2.45) is 0 Å². The van der Waals surface area contributed by atoms with Crippen molar-refractivity contribution in [1.82, 2.24) is 4.72 Å². The van der Waals surface area contributed by atoms with E-state index in [1.165, 1.54) is 19.2 Å². The van der Waals surface area contributed by atoms with Gasteiger partial charge in [-0.25, -0.2) is 13.1 Å². The van der Waals surface area contributed by atoms with Gasteiger partial charge in [0, 0.05) is 7.11 Å². The number of nitrogens with one attached hydrogen (secondary N) is 1. The SMILES string of the molecule is COC1(C(=O)NS(=O)(=O)c2ccc(C)cc2)CCCCC1. The maximum atomic E-state index is 12.4. The molecule has 5 nitrogen and oxygen atoms in total. The van der Waals surface area contributed by atoms with Gasteiger partial charge in [0.15, 0.2) is 0 Å². The van der Waals surface area contributed by atoms with Crippen LogP contribution in [0.2, 0.25) is 0 Å². The van der Waals surface area contributed by atoms with Gasteiger partial charge in [0.2, 0.25) is 0 Å². The fourth-order valence-electron chi connectivity index (χ4n) is 2.64. The van der Waals surface area contributed by atoms with Gasteiger partial charge in [-0.2, -0.15) is 0 Å². The van der Waals surface area contributed by atoms with Crippen molar-refractivity contribution in [2.45, 2.75) is 49.5 Å². The van der Waals surface area contributed by atoms with Crippen LogP contribution in [-0.4, -0.2) is 27.0 Å². The predicted molar refractivity (Wildman–Crippen MR) is 79.3 cm³/mol. The Bertz CT molecular complexity index is 601. The Hall–Kier alpha value is -1.40. The highest BCUT2D eigenvalue weighted by atomic mass is 32.2. The van der Waals surface area contributed by atoms with Crippen molar-refractivity contribution in [2.75, 3.05) is 7.11 Å². The van der Waals surface area contributed by atoms with E-state index < -0.39 is 21.5 Å². The van der Waals surface area contributed by atoms with Gasteiger partial charge in [-0.3, -0.25) is 4.79 Å². The molecule has 1 N–H and O–H groups in total. The summed E-state index contributed by atoms with van der Waals surface area (Å²) in [6, 6.07) is 6.38. The van der Waals surface area contributed by atoms with Gasteiger partial charge in [0.25, 0.3) is 15.9 Å². The summed E-state index contributed by atoms with van der Waals surface area (Å²) in [5.41, 5.74) is -0.0587. The number of amides is 1. The lowest BCUT2D eigenvalue weighted by Crippen LogP contribution is -2.51. The van der Waals surface area contributed by atoms with Gasteiger partial charge in [0.1, 0.15) is 5.60 Å². The van der Waals surface area contributed by atoms with E-state index in [0.29, 0.717) is 12.8 Å². The number of rotatable bonds is 4. The first kappa shape index (κ1) is 16.0. The molecular weight excluding hydrogens is 290 g/mol. The molecule has 0 spiro atoms. The molecule has 1 aliphatic carbocycles. The summed E-state index contributed by atoms with van der Waals surface area (Å²) in [5, 5.41) is 0. The van der Waals surface area contributed by atoms with Crippen molar-refractivity contribution < 1.29 is 17.9 Å². The first-order valence-corrected chi connectivity index (χ1v) is 8.57. The average Bonchev–Trinajstić information content (AvgIpc) is 2.48. The van der Waals surface area contributed by atoms with E-state index in [1.807, 2.05) is 6.92 Å². The summed E-state index contributed by atoms with van der Waals surface area (Å²) in [6.45, 7) is 1.87. The second-order valence-electron chi connectivity index (χ2n) is 5.51. The Morgan fingerprint density at radius 2 is 1.71 bits per heavy atom. The minimum atomic E-state index is -3.85. The summed E-state index contributed by atoms with van der Waals surface area (Å²) >= 11 is 0. The molecule has 1 aromatic rings. The summed E-state index contributed by atoms with van der Waals surface area (Å²) in [4.78, 5) is 12.5. The maximum absolute atomic E-state index is 12.4. The van der Waals surface area contributed by atoms with Gasteiger partial charge in [0.05, 0.1) is 4.90 Å². The second-order valence-corrected chi connectivity index (χ2v) is 7.19. The van der Waals surface area contributed by atoms with Crippen molar-refractivity contribution in [3.8, 4) is 0 Å². The number of sulfonamides is 1. The number of benzene rings is 1. The molecule has 1 aromatic carbocycles. The van der Waals surface area contributed by atoms with E-state index in [-0.39, 0.29) is 4.90 Å². The third-order valence-corrected chi connectivity index (χ3v) is 5.37. The second kappa shape index (κ2) is 6.15. The van der Waals surface area contributed by atoms with Crippen LogP contribution in [0.5, 0.6) is 0 Å². The third-order valence-electron chi connectivity index (χ3n) is 4.02.